The molecule has 1 aromatic heterocycles. The van der Waals surface area contributed by atoms with Gasteiger partial charge in [0.25, 0.3) is 0 Å². The van der Waals surface area contributed by atoms with Crippen LogP contribution in [0.5, 0.6) is 11.5 Å². The molecule has 0 saturated heterocycles. The lowest BCUT2D eigenvalue weighted by molar-refractivity contribution is -0.116. The molecular weight excluding hydrogens is 352 g/mol. The van der Waals surface area contributed by atoms with Crippen molar-refractivity contribution in [1.82, 2.24) is 4.98 Å². The van der Waals surface area contributed by atoms with Crippen molar-refractivity contribution in [2.45, 2.75) is 26.9 Å². The summed E-state index contributed by atoms with van der Waals surface area (Å²) in [5.74, 6) is 1.37. The largest absolute Gasteiger partial charge is 0.493 e. The summed E-state index contributed by atoms with van der Waals surface area (Å²) in [4.78, 5) is 16.2. The van der Waals surface area contributed by atoms with E-state index in [-0.39, 0.29) is 12.3 Å². The normalized spacial score (nSPS) is 10.4. The van der Waals surface area contributed by atoms with Crippen molar-refractivity contribution < 1.29 is 14.3 Å². The highest BCUT2D eigenvalue weighted by atomic mass is 16.5. The number of carbonyl (C=O) groups excluding carboxylic acids is 1. The highest BCUT2D eigenvalue weighted by Gasteiger charge is 2.05. The maximum Gasteiger partial charge on any atom is 0.227 e. The van der Waals surface area contributed by atoms with Gasteiger partial charge in [0, 0.05) is 24.1 Å². The van der Waals surface area contributed by atoms with E-state index in [2.05, 4.69) is 17.2 Å². The van der Waals surface area contributed by atoms with E-state index in [1.165, 1.54) is 11.1 Å². The van der Waals surface area contributed by atoms with Gasteiger partial charge in [-0.05, 0) is 66.9 Å². The first-order valence-corrected chi connectivity index (χ1v) is 9.22. The van der Waals surface area contributed by atoms with Crippen molar-refractivity contribution in [3.63, 3.8) is 0 Å². The molecule has 1 N–H and O–H groups in total. The predicted molar refractivity (Wildman–Crippen MR) is 110 cm³/mol. The van der Waals surface area contributed by atoms with E-state index in [1.54, 1.807) is 12.4 Å². The fraction of sp³-hybridized carbons (Fsp3) is 0.217. The van der Waals surface area contributed by atoms with Crippen LogP contribution in [0.15, 0.2) is 67.0 Å². The number of aryl methyl sites for hydroxylation is 2. The van der Waals surface area contributed by atoms with Gasteiger partial charge >= 0.3 is 0 Å². The van der Waals surface area contributed by atoms with E-state index in [9.17, 15) is 4.79 Å². The van der Waals surface area contributed by atoms with E-state index in [1.807, 2.05) is 61.5 Å². The summed E-state index contributed by atoms with van der Waals surface area (Å²) in [5, 5.41) is 2.88. The molecule has 28 heavy (non-hydrogen) atoms. The van der Waals surface area contributed by atoms with E-state index in [0.717, 1.165) is 11.3 Å². The lowest BCUT2D eigenvalue weighted by Gasteiger charge is -2.10. The molecule has 0 spiro atoms. The Hall–Kier alpha value is -3.34. The second kappa shape index (κ2) is 9.55. The van der Waals surface area contributed by atoms with E-state index < -0.39 is 0 Å². The van der Waals surface area contributed by atoms with Gasteiger partial charge in [-0.1, -0.05) is 12.1 Å². The van der Waals surface area contributed by atoms with E-state index in [0.29, 0.717) is 24.7 Å². The lowest BCUT2D eigenvalue weighted by Crippen LogP contribution is -2.15. The highest BCUT2D eigenvalue weighted by Crippen LogP contribution is 2.19. The molecule has 0 aliphatic rings. The molecule has 0 aliphatic carbocycles. The van der Waals surface area contributed by atoms with Crippen LogP contribution in [-0.4, -0.2) is 17.5 Å². The summed E-state index contributed by atoms with van der Waals surface area (Å²) < 4.78 is 11.4. The molecule has 2 aromatic carbocycles. The summed E-state index contributed by atoms with van der Waals surface area (Å²) in [5.41, 5.74) is 4.12. The Kier molecular flexibility index (Phi) is 6.63. The van der Waals surface area contributed by atoms with E-state index >= 15 is 0 Å². The monoisotopic (exact) mass is 376 g/mol. The minimum absolute atomic E-state index is 0.102. The Bertz CT molecular complexity index is 926. The average Bonchev–Trinajstić information content (AvgIpc) is 2.70. The molecule has 0 saturated carbocycles. The second-order valence-corrected chi connectivity index (χ2v) is 6.56. The number of nitrogens with one attached hydrogen (secondary N) is 1. The number of benzene rings is 2. The van der Waals surface area contributed by atoms with Gasteiger partial charge < -0.3 is 14.8 Å². The van der Waals surface area contributed by atoms with Crippen molar-refractivity contribution in [3.8, 4) is 11.5 Å². The van der Waals surface area contributed by atoms with Crippen LogP contribution in [0.1, 0.15) is 23.1 Å². The average molecular weight is 376 g/mol. The first kappa shape index (κ1) is 19.4. The minimum atomic E-state index is -0.102. The Morgan fingerprint density at radius 2 is 1.71 bits per heavy atom. The molecule has 0 bridgehead atoms. The number of ether oxygens (including phenoxy) is 2. The summed E-state index contributed by atoms with van der Waals surface area (Å²) >= 11 is 0. The third-order valence-corrected chi connectivity index (χ3v) is 4.35. The van der Waals surface area contributed by atoms with Crippen LogP contribution in [-0.2, 0) is 11.4 Å². The maximum atomic E-state index is 12.2. The van der Waals surface area contributed by atoms with Crippen LogP contribution in [0, 0.1) is 13.8 Å². The summed E-state index contributed by atoms with van der Waals surface area (Å²) in [6.07, 6.45) is 3.74. The van der Waals surface area contributed by atoms with E-state index in [4.69, 9.17) is 9.47 Å². The van der Waals surface area contributed by atoms with Gasteiger partial charge in [0.2, 0.25) is 5.91 Å². The molecule has 0 atom stereocenters. The van der Waals surface area contributed by atoms with Gasteiger partial charge in [-0.3, -0.25) is 9.78 Å². The molecule has 3 rings (SSSR count). The maximum absolute atomic E-state index is 12.2. The Morgan fingerprint density at radius 1 is 0.929 bits per heavy atom. The number of carbonyl (C=O) groups is 1. The molecule has 0 unspecified atom stereocenters. The van der Waals surface area contributed by atoms with Crippen LogP contribution in [0.2, 0.25) is 0 Å². The zero-order valence-corrected chi connectivity index (χ0v) is 16.1. The number of nitrogens with zero attached hydrogens (tertiary/aromatic N) is 1. The standard InChI is InChI=1S/C23H24N2O3/c1-17-6-7-22(14-18(17)2)27-13-10-23(26)25-20-4-3-5-21(15-20)28-16-19-8-11-24-12-9-19/h3-9,11-12,14-15H,10,13,16H2,1-2H3,(H,25,26). The number of amides is 1. The molecular formula is C23H24N2O3. The van der Waals surface area contributed by atoms with Crippen LogP contribution in [0.25, 0.3) is 0 Å². The van der Waals surface area contributed by atoms with Crippen LogP contribution < -0.4 is 14.8 Å². The zero-order chi connectivity index (χ0) is 19.8. The topological polar surface area (TPSA) is 60.5 Å². The molecule has 3 aromatic rings. The number of pyridine rings is 1. The molecule has 5 heteroatoms. The number of rotatable bonds is 8. The lowest BCUT2D eigenvalue weighted by atomic mass is 10.1. The summed E-state index contributed by atoms with van der Waals surface area (Å²) in [6, 6.07) is 17.1. The number of aromatic nitrogens is 1. The first-order valence-electron chi connectivity index (χ1n) is 9.22. The molecule has 0 fully saturated rings. The van der Waals surface area contributed by atoms with Gasteiger partial charge in [0.1, 0.15) is 18.1 Å². The summed E-state index contributed by atoms with van der Waals surface area (Å²) in [7, 11) is 0. The Morgan fingerprint density at radius 3 is 2.50 bits per heavy atom. The first-order chi connectivity index (χ1) is 13.6. The quantitative estimate of drug-likeness (QED) is 0.620. The Labute approximate surface area is 165 Å². The Balaban J connectivity index is 1.46. The van der Waals surface area contributed by atoms with Gasteiger partial charge in [-0.2, -0.15) is 0 Å². The molecule has 1 heterocycles. The summed E-state index contributed by atoms with van der Waals surface area (Å²) in [6.45, 7) is 4.87. The van der Waals surface area contributed by atoms with Gasteiger partial charge in [0.05, 0.1) is 13.0 Å². The van der Waals surface area contributed by atoms with Crippen molar-refractivity contribution in [3.05, 3.63) is 83.7 Å². The molecule has 144 valence electrons. The number of hydrogen-bond acceptors (Lipinski definition) is 4. The van der Waals surface area contributed by atoms with Crippen molar-refractivity contribution in [1.29, 1.82) is 0 Å². The minimum Gasteiger partial charge on any atom is -0.493 e. The highest BCUT2D eigenvalue weighted by molar-refractivity contribution is 5.90. The SMILES string of the molecule is Cc1ccc(OCCC(=O)Nc2cccc(OCc3ccncc3)c2)cc1C. The third-order valence-electron chi connectivity index (χ3n) is 4.35. The zero-order valence-electron chi connectivity index (χ0n) is 16.1. The third kappa shape index (κ3) is 5.84. The molecule has 0 aliphatic heterocycles. The van der Waals surface area contributed by atoms with Gasteiger partial charge in [-0.15, -0.1) is 0 Å². The number of anilines is 1. The fourth-order valence-electron chi connectivity index (χ4n) is 2.60. The van der Waals surface area contributed by atoms with Crippen LogP contribution in [0.4, 0.5) is 5.69 Å². The molecule has 5 nitrogen and oxygen atoms in total. The van der Waals surface area contributed by atoms with Crippen LogP contribution in [0.3, 0.4) is 0 Å². The molecule has 0 radical (unpaired) electrons. The smallest absolute Gasteiger partial charge is 0.227 e. The van der Waals surface area contributed by atoms with Crippen molar-refractivity contribution in [2.24, 2.45) is 0 Å². The molecule has 1 amide bonds. The fourth-order valence-corrected chi connectivity index (χ4v) is 2.60. The second-order valence-electron chi connectivity index (χ2n) is 6.56. The van der Waals surface area contributed by atoms with Crippen molar-refractivity contribution in [2.75, 3.05) is 11.9 Å². The van der Waals surface area contributed by atoms with Gasteiger partial charge in [0.15, 0.2) is 0 Å². The van der Waals surface area contributed by atoms with Gasteiger partial charge in [-0.25, -0.2) is 0 Å². The van der Waals surface area contributed by atoms with Crippen molar-refractivity contribution >= 4 is 11.6 Å². The number of hydrogen-bond donors (Lipinski definition) is 1. The van der Waals surface area contributed by atoms with Crippen LogP contribution >= 0.6 is 0 Å². The predicted octanol–water partition coefficient (Wildman–Crippen LogP) is 4.69.